The second kappa shape index (κ2) is 6.52. The van der Waals surface area contributed by atoms with Gasteiger partial charge in [-0.3, -0.25) is 4.79 Å². The predicted octanol–water partition coefficient (Wildman–Crippen LogP) is 2.82. The molecule has 0 fully saturated rings. The lowest BCUT2D eigenvalue weighted by Gasteiger charge is -2.21. The number of ketones is 1. The van der Waals surface area contributed by atoms with Crippen LogP contribution in [0.4, 0.5) is 0 Å². The zero-order valence-electron chi connectivity index (χ0n) is 12.8. The first-order valence-corrected chi connectivity index (χ1v) is 6.77. The molecule has 0 bridgehead atoms. The minimum Gasteiger partial charge on any atom is -0.500 e. The minimum absolute atomic E-state index is 0.0589. The number of Topliss-reactive ketones (excluding diaryl/α,β-unsaturated/α-hetero) is 1. The van der Waals surface area contributed by atoms with Gasteiger partial charge >= 0.3 is 0 Å². The lowest BCUT2D eigenvalue weighted by atomic mass is 9.90. The average Bonchev–Trinajstić information content (AvgIpc) is 2.53. The molecule has 2 rings (SSSR count). The highest BCUT2D eigenvalue weighted by atomic mass is 16.5. The SMILES string of the molecule is COC1=C(c2cc(OC)c(OC)cc2OC)C(=O)CCC1. The third kappa shape index (κ3) is 2.82. The molecule has 0 unspecified atom stereocenters. The van der Waals surface area contributed by atoms with Gasteiger partial charge in [0.2, 0.25) is 0 Å². The number of carbonyl (C=O) groups excluding carboxylic acids is 1. The van der Waals surface area contributed by atoms with Crippen molar-refractivity contribution in [1.82, 2.24) is 0 Å². The number of rotatable bonds is 5. The number of methoxy groups -OCH3 is 4. The number of benzene rings is 1. The van der Waals surface area contributed by atoms with Crippen molar-refractivity contribution < 1.29 is 23.7 Å². The molecule has 5 nitrogen and oxygen atoms in total. The number of allylic oxidation sites excluding steroid dienone is 2. The summed E-state index contributed by atoms with van der Waals surface area (Å²) in [6.07, 6.45) is 2.07. The summed E-state index contributed by atoms with van der Waals surface area (Å²) in [6.45, 7) is 0. The fourth-order valence-corrected chi connectivity index (χ4v) is 2.54. The minimum atomic E-state index is 0.0589. The molecule has 0 radical (unpaired) electrons. The van der Waals surface area contributed by atoms with E-state index in [-0.39, 0.29) is 5.78 Å². The molecule has 21 heavy (non-hydrogen) atoms. The van der Waals surface area contributed by atoms with Crippen LogP contribution in [0.15, 0.2) is 17.9 Å². The Morgan fingerprint density at radius 2 is 1.43 bits per heavy atom. The summed E-state index contributed by atoms with van der Waals surface area (Å²) in [5, 5.41) is 0. The molecule has 0 N–H and O–H groups in total. The molecule has 0 atom stereocenters. The molecule has 0 heterocycles. The van der Waals surface area contributed by atoms with Crippen LogP contribution in [0.25, 0.3) is 5.57 Å². The van der Waals surface area contributed by atoms with E-state index in [0.29, 0.717) is 40.6 Å². The zero-order chi connectivity index (χ0) is 15.4. The van der Waals surface area contributed by atoms with Crippen LogP contribution >= 0.6 is 0 Å². The number of hydrogen-bond acceptors (Lipinski definition) is 5. The smallest absolute Gasteiger partial charge is 0.167 e. The lowest BCUT2D eigenvalue weighted by molar-refractivity contribution is -0.114. The normalized spacial score (nSPS) is 15.0. The molecule has 1 aromatic rings. The van der Waals surface area contributed by atoms with E-state index in [1.54, 1.807) is 40.6 Å². The summed E-state index contributed by atoms with van der Waals surface area (Å²) < 4.78 is 21.4. The van der Waals surface area contributed by atoms with E-state index in [9.17, 15) is 4.79 Å². The highest BCUT2D eigenvalue weighted by Crippen LogP contribution is 2.41. The molecular formula is C16H20O5. The summed E-state index contributed by atoms with van der Waals surface area (Å²) in [4.78, 5) is 12.3. The van der Waals surface area contributed by atoms with E-state index in [4.69, 9.17) is 18.9 Å². The third-order valence-electron chi connectivity index (χ3n) is 3.59. The molecule has 5 heteroatoms. The van der Waals surface area contributed by atoms with E-state index in [1.165, 1.54) is 0 Å². The van der Waals surface area contributed by atoms with Crippen molar-refractivity contribution in [3.63, 3.8) is 0 Å². The first kappa shape index (κ1) is 15.2. The topological polar surface area (TPSA) is 54.0 Å². The van der Waals surface area contributed by atoms with Gasteiger partial charge in [-0.1, -0.05) is 0 Å². The van der Waals surface area contributed by atoms with Gasteiger partial charge in [0, 0.05) is 24.5 Å². The Morgan fingerprint density at radius 3 is 2.00 bits per heavy atom. The predicted molar refractivity (Wildman–Crippen MR) is 78.9 cm³/mol. The summed E-state index contributed by atoms with van der Waals surface area (Å²) in [5.41, 5.74) is 1.25. The molecule has 1 aromatic carbocycles. The van der Waals surface area contributed by atoms with Crippen molar-refractivity contribution >= 4 is 11.4 Å². The van der Waals surface area contributed by atoms with E-state index in [0.717, 1.165) is 12.8 Å². The Bertz CT molecular complexity index is 574. The highest BCUT2D eigenvalue weighted by Gasteiger charge is 2.26. The summed E-state index contributed by atoms with van der Waals surface area (Å²) in [6, 6.07) is 3.48. The molecule has 0 aromatic heterocycles. The Balaban J connectivity index is 2.66. The molecule has 114 valence electrons. The molecule has 0 amide bonds. The second-order valence-electron chi connectivity index (χ2n) is 4.69. The lowest BCUT2D eigenvalue weighted by Crippen LogP contribution is -2.13. The van der Waals surface area contributed by atoms with Gasteiger partial charge in [-0.2, -0.15) is 0 Å². The van der Waals surface area contributed by atoms with Crippen LogP contribution < -0.4 is 14.2 Å². The Hall–Kier alpha value is -2.17. The Kier molecular flexibility index (Phi) is 4.73. The van der Waals surface area contributed by atoms with Crippen LogP contribution in [0, 0.1) is 0 Å². The van der Waals surface area contributed by atoms with E-state index >= 15 is 0 Å². The fraction of sp³-hybridized carbons (Fsp3) is 0.438. The molecule has 0 saturated heterocycles. The fourth-order valence-electron chi connectivity index (χ4n) is 2.54. The largest absolute Gasteiger partial charge is 0.500 e. The second-order valence-corrected chi connectivity index (χ2v) is 4.69. The highest BCUT2D eigenvalue weighted by molar-refractivity contribution is 6.22. The van der Waals surface area contributed by atoms with Gasteiger partial charge in [-0.25, -0.2) is 0 Å². The van der Waals surface area contributed by atoms with Crippen LogP contribution in [-0.2, 0) is 9.53 Å². The molecule has 1 aliphatic carbocycles. The maximum Gasteiger partial charge on any atom is 0.167 e. The maximum atomic E-state index is 12.3. The van der Waals surface area contributed by atoms with E-state index in [2.05, 4.69) is 0 Å². The quantitative estimate of drug-likeness (QED) is 0.835. The van der Waals surface area contributed by atoms with Crippen molar-refractivity contribution in [1.29, 1.82) is 0 Å². The maximum absolute atomic E-state index is 12.3. The van der Waals surface area contributed by atoms with Gasteiger partial charge in [0.1, 0.15) is 11.5 Å². The Morgan fingerprint density at radius 1 is 0.810 bits per heavy atom. The van der Waals surface area contributed by atoms with Crippen LogP contribution in [-0.4, -0.2) is 34.2 Å². The molecule has 0 aliphatic heterocycles. The standard InChI is InChI=1S/C16H20O5/c1-18-12-7-5-6-11(17)16(12)10-8-14(20-3)15(21-4)9-13(10)19-2/h8-9H,5-7H2,1-4H3. The van der Waals surface area contributed by atoms with Gasteiger partial charge in [0.25, 0.3) is 0 Å². The van der Waals surface area contributed by atoms with Gasteiger partial charge < -0.3 is 18.9 Å². The first-order valence-electron chi connectivity index (χ1n) is 6.77. The van der Waals surface area contributed by atoms with Gasteiger partial charge in [-0.15, -0.1) is 0 Å². The van der Waals surface area contributed by atoms with Crippen molar-refractivity contribution in [2.45, 2.75) is 19.3 Å². The number of hydrogen-bond donors (Lipinski definition) is 0. The molecule has 1 aliphatic rings. The number of ether oxygens (including phenoxy) is 4. The summed E-state index contributed by atoms with van der Waals surface area (Å²) in [5.74, 6) is 2.42. The van der Waals surface area contributed by atoms with Crippen LogP contribution in [0.3, 0.4) is 0 Å². The average molecular weight is 292 g/mol. The van der Waals surface area contributed by atoms with Gasteiger partial charge in [0.15, 0.2) is 17.3 Å². The van der Waals surface area contributed by atoms with Crippen LogP contribution in [0.5, 0.6) is 17.2 Å². The molecule has 0 saturated carbocycles. The van der Waals surface area contributed by atoms with Crippen LogP contribution in [0.2, 0.25) is 0 Å². The van der Waals surface area contributed by atoms with Gasteiger partial charge in [-0.05, 0) is 12.5 Å². The molecule has 0 spiro atoms. The monoisotopic (exact) mass is 292 g/mol. The Labute approximate surface area is 124 Å². The first-order chi connectivity index (χ1) is 10.2. The third-order valence-corrected chi connectivity index (χ3v) is 3.59. The zero-order valence-corrected chi connectivity index (χ0v) is 12.8. The van der Waals surface area contributed by atoms with E-state index < -0.39 is 0 Å². The van der Waals surface area contributed by atoms with Crippen molar-refractivity contribution in [3.8, 4) is 17.2 Å². The van der Waals surface area contributed by atoms with Crippen molar-refractivity contribution in [2.75, 3.05) is 28.4 Å². The van der Waals surface area contributed by atoms with Crippen molar-refractivity contribution in [2.24, 2.45) is 0 Å². The van der Waals surface area contributed by atoms with E-state index in [1.807, 2.05) is 0 Å². The number of carbonyl (C=O) groups is 1. The van der Waals surface area contributed by atoms with Crippen molar-refractivity contribution in [3.05, 3.63) is 23.5 Å². The molecular weight excluding hydrogens is 272 g/mol. The van der Waals surface area contributed by atoms with Gasteiger partial charge in [0.05, 0.1) is 34.0 Å². The summed E-state index contributed by atoms with van der Waals surface area (Å²) >= 11 is 0. The summed E-state index contributed by atoms with van der Waals surface area (Å²) in [7, 11) is 6.26. The van der Waals surface area contributed by atoms with Crippen LogP contribution in [0.1, 0.15) is 24.8 Å².